The SMILES string of the molecule is CCOc1cc(F)cc(C23CCC(CCOCC(=O)O)(CC2)CO3)c1. The lowest BCUT2D eigenvalue weighted by Gasteiger charge is -2.53. The highest BCUT2D eigenvalue weighted by molar-refractivity contribution is 5.67. The first-order valence-corrected chi connectivity index (χ1v) is 8.84. The zero-order chi connectivity index (χ0) is 17.9. The summed E-state index contributed by atoms with van der Waals surface area (Å²) in [6.45, 7) is 3.14. The molecule has 2 saturated heterocycles. The third-order valence-electron chi connectivity index (χ3n) is 5.48. The van der Waals surface area contributed by atoms with Crippen LogP contribution in [-0.2, 0) is 19.9 Å². The monoisotopic (exact) mass is 352 g/mol. The fourth-order valence-corrected chi connectivity index (χ4v) is 3.98. The number of benzene rings is 1. The van der Waals surface area contributed by atoms with Gasteiger partial charge in [0.05, 0.1) is 18.8 Å². The van der Waals surface area contributed by atoms with Crippen LogP contribution in [0.2, 0.25) is 0 Å². The average molecular weight is 352 g/mol. The van der Waals surface area contributed by atoms with Crippen molar-refractivity contribution in [2.75, 3.05) is 26.4 Å². The van der Waals surface area contributed by atoms with Gasteiger partial charge in [-0.1, -0.05) is 0 Å². The predicted octanol–water partition coefficient (Wildman–Crippen LogP) is 3.50. The van der Waals surface area contributed by atoms with Gasteiger partial charge < -0.3 is 19.3 Å². The molecule has 1 saturated carbocycles. The summed E-state index contributed by atoms with van der Waals surface area (Å²) in [4.78, 5) is 10.5. The number of fused-ring (bicyclic) bond motifs is 3. The number of hydrogen-bond donors (Lipinski definition) is 1. The van der Waals surface area contributed by atoms with Crippen molar-refractivity contribution >= 4 is 5.97 Å². The van der Waals surface area contributed by atoms with Gasteiger partial charge in [-0.2, -0.15) is 0 Å². The largest absolute Gasteiger partial charge is 0.494 e. The molecular formula is C19H25FO5. The summed E-state index contributed by atoms with van der Waals surface area (Å²) in [6.07, 6.45) is 4.42. The van der Waals surface area contributed by atoms with E-state index in [4.69, 9.17) is 19.3 Å². The van der Waals surface area contributed by atoms with E-state index in [-0.39, 0.29) is 17.8 Å². The number of carboxylic acids is 1. The summed E-state index contributed by atoms with van der Waals surface area (Å²) in [5.74, 6) is -0.709. The van der Waals surface area contributed by atoms with Gasteiger partial charge in [0.25, 0.3) is 0 Å². The molecule has 1 aromatic rings. The Kier molecular flexibility index (Phi) is 5.29. The Morgan fingerprint density at radius 2 is 2.04 bits per heavy atom. The molecule has 0 atom stereocenters. The molecule has 1 aliphatic carbocycles. The number of carboxylic acid groups (broad SMARTS) is 1. The summed E-state index contributed by atoms with van der Waals surface area (Å²) < 4.78 is 30.9. The number of rotatable bonds is 8. The summed E-state index contributed by atoms with van der Waals surface area (Å²) >= 11 is 0. The van der Waals surface area contributed by atoms with Gasteiger partial charge in [-0.25, -0.2) is 9.18 Å². The van der Waals surface area contributed by atoms with Crippen LogP contribution in [0.4, 0.5) is 4.39 Å². The van der Waals surface area contributed by atoms with Crippen LogP contribution in [0.5, 0.6) is 5.75 Å². The van der Waals surface area contributed by atoms with Gasteiger partial charge in [0.1, 0.15) is 18.2 Å². The molecule has 4 rings (SSSR count). The standard InChI is InChI=1S/C19H25FO5/c1-2-24-16-10-14(9-15(20)11-16)19-5-3-18(4-6-19,13-25-19)7-8-23-12-17(21)22/h9-11H,2-8,12-13H2,1H3,(H,21,22). The van der Waals surface area contributed by atoms with Crippen molar-refractivity contribution in [2.24, 2.45) is 5.41 Å². The summed E-state index contributed by atoms with van der Waals surface area (Å²) in [6, 6.07) is 4.84. The maximum atomic E-state index is 14.0. The first kappa shape index (κ1) is 18.1. The molecule has 138 valence electrons. The lowest BCUT2D eigenvalue weighted by atomic mass is 9.63. The molecular weight excluding hydrogens is 327 g/mol. The zero-order valence-electron chi connectivity index (χ0n) is 14.6. The smallest absolute Gasteiger partial charge is 0.329 e. The molecule has 0 aromatic heterocycles. The number of aliphatic carboxylic acids is 1. The van der Waals surface area contributed by atoms with E-state index in [1.807, 2.05) is 13.0 Å². The summed E-state index contributed by atoms with van der Waals surface area (Å²) in [5.41, 5.74) is 0.472. The lowest BCUT2D eigenvalue weighted by Crippen LogP contribution is -2.49. The third-order valence-corrected chi connectivity index (χ3v) is 5.48. The molecule has 6 heteroatoms. The van der Waals surface area contributed by atoms with Gasteiger partial charge in [0.15, 0.2) is 0 Å². The second-order valence-corrected chi connectivity index (χ2v) is 7.09. The van der Waals surface area contributed by atoms with Crippen LogP contribution in [0.1, 0.15) is 44.6 Å². The molecule has 0 unspecified atom stereocenters. The molecule has 25 heavy (non-hydrogen) atoms. The third kappa shape index (κ3) is 3.96. The second-order valence-electron chi connectivity index (χ2n) is 7.09. The Bertz CT molecular complexity index is 606. The van der Waals surface area contributed by atoms with Crippen molar-refractivity contribution in [3.05, 3.63) is 29.6 Å². The number of carbonyl (C=O) groups is 1. The van der Waals surface area contributed by atoms with Gasteiger partial charge in [0.2, 0.25) is 0 Å². The molecule has 3 fully saturated rings. The summed E-state index contributed by atoms with van der Waals surface area (Å²) in [5, 5.41) is 8.63. The van der Waals surface area contributed by atoms with Crippen LogP contribution in [0.15, 0.2) is 18.2 Å². The normalized spacial score (nSPS) is 28.1. The average Bonchev–Trinajstić information content (AvgIpc) is 2.60. The fraction of sp³-hybridized carbons (Fsp3) is 0.632. The zero-order valence-corrected chi connectivity index (χ0v) is 14.6. The van der Waals surface area contributed by atoms with Crippen molar-refractivity contribution in [2.45, 2.75) is 44.6 Å². The lowest BCUT2D eigenvalue weighted by molar-refractivity contribution is -0.194. The van der Waals surface area contributed by atoms with E-state index in [9.17, 15) is 9.18 Å². The van der Waals surface area contributed by atoms with Gasteiger partial charge in [0, 0.05) is 12.7 Å². The van der Waals surface area contributed by atoms with Crippen LogP contribution in [0, 0.1) is 11.2 Å². The summed E-state index contributed by atoms with van der Waals surface area (Å²) in [7, 11) is 0. The van der Waals surface area contributed by atoms with Crippen molar-refractivity contribution < 1.29 is 28.5 Å². The molecule has 1 N–H and O–H groups in total. The Morgan fingerprint density at radius 3 is 2.64 bits per heavy atom. The van der Waals surface area contributed by atoms with E-state index in [1.54, 1.807) is 6.07 Å². The van der Waals surface area contributed by atoms with Crippen LogP contribution < -0.4 is 4.74 Å². The van der Waals surface area contributed by atoms with Gasteiger partial charge in [-0.05, 0) is 62.1 Å². The molecule has 5 nitrogen and oxygen atoms in total. The van der Waals surface area contributed by atoms with Gasteiger partial charge in [-0.15, -0.1) is 0 Å². The van der Waals surface area contributed by atoms with Crippen molar-refractivity contribution in [3.63, 3.8) is 0 Å². The Labute approximate surface area is 147 Å². The number of hydrogen-bond acceptors (Lipinski definition) is 4. The Hall–Kier alpha value is -1.66. The van der Waals surface area contributed by atoms with Gasteiger partial charge >= 0.3 is 5.97 Å². The van der Waals surface area contributed by atoms with E-state index in [2.05, 4.69) is 0 Å². The Balaban J connectivity index is 1.65. The van der Waals surface area contributed by atoms with Gasteiger partial charge in [-0.3, -0.25) is 0 Å². The number of halogens is 1. The highest BCUT2D eigenvalue weighted by atomic mass is 19.1. The van der Waals surface area contributed by atoms with Crippen LogP contribution in [-0.4, -0.2) is 37.5 Å². The maximum Gasteiger partial charge on any atom is 0.329 e. The molecule has 0 radical (unpaired) electrons. The topological polar surface area (TPSA) is 65.0 Å². The fourth-order valence-electron chi connectivity index (χ4n) is 3.98. The van der Waals surface area contributed by atoms with Crippen molar-refractivity contribution in [3.8, 4) is 5.75 Å². The molecule has 2 aliphatic heterocycles. The van der Waals surface area contributed by atoms with Crippen molar-refractivity contribution in [1.29, 1.82) is 0 Å². The first-order valence-electron chi connectivity index (χ1n) is 8.84. The number of ether oxygens (including phenoxy) is 3. The van der Waals surface area contributed by atoms with Crippen LogP contribution in [0.3, 0.4) is 0 Å². The molecule has 3 aliphatic rings. The maximum absolute atomic E-state index is 14.0. The van der Waals surface area contributed by atoms with E-state index in [0.717, 1.165) is 37.7 Å². The first-order chi connectivity index (χ1) is 12.0. The van der Waals surface area contributed by atoms with Crippen LogP contribution in [0.25, 0.3) is 0 Å². The molecule has 0 amide bonds. The van der Waals surface area contributed by atoms with E-state index < -0.39 is 11.6 Å². The quantitative estimate of drug-likeness (QED) is 0.726. The minimum Gasteiger partial charge on any atom is -0.494 e. The molecule has 1 aromatic carbocycles. The molecule has 2 heterocycles. The Morgan fingerprint density at radius 1 is 1.28 bits per heavy atom. The predicted molar refractivity (Wildman–Crippen MR) is 89.2 cm³/mol. The minimum absolute atomic E-state index is 0.0519. The van der Waals surface area contributed by atoms with E-state index >= 15 is 0 Å². The van der Waals surface area contributed by atoms with Crippen molar-refractivity contribution in [1.82, 2.24) is 0 Å². The van der Waals surface area contributed by atoms with E-state index in [0.29, 0.717) is 25.6 Å². The highest BCUT2D eigenvalue weighted by Gasteiger charge is 2.50. The highest BCUT2D eigenvalue weighted by Crippen LogP contribution is 2.55. The van der Waals surface area contributed by atoms with E-state index in [1.165, 1.54) is 6.07 Å². The molecule has 0 spiro atoms. The van der Waals surface area contributed by atoms with Crippen LogP contribution >= 0.6 is 0 Å². The second kappa shape index (κ2) is 7.30. The minimum atomic E-state index is -0.948. The molecule has 2 bridgehead atoms.